The van der Waals surface area contributed by atoms with Crippen molar-refractivity contribution < 1.29 is 89.4 Å². The Labute approximate surface area is 286 Å². The molecule has 12 N–H and O–H groups in total. The summed E-state index contributed by atoms with van der Waals surface area (Å²) in [4.78, 5) is 13.6. The third kappa shape index (κ3) is 6.90. The molecule has 0 amide bonds. The van der Waals surface area contributed by atoms with E-state index in [0.29, 0.717) is 5.56 Å². The maximum absolute atomic E-state index is 13.6. The summed E-state index contributed by atoms with van der Waals surface area (Å²) < 4.78 is 34.3. The Bertz CT molecular complexity index is 1730. The van der Waals surface area contributed by atoms with Crippen molar-refractivity contribution in [2.75, 3.05) is 19.8 Å². The quantitative estimate of drug-likeness (QED) is 0.105. The molecule has 3 aromatic rings. The lowest BCUT2D eigenvalue weighted by Crippen LogP contribution is -2.62. The molecule has 51 heavy (non-hydrogen) atoms. The molecule has 4 heterocycles. The molecule has 0 bridgehead atoms. The van der Waals surface area contributed by atoms with Crippen molar-refractivity contribution in [3.63, 3.8) is 0 Å². The van der Waals surface area contributed by atoms with Crippen molar-refractivity contribution >= 4 is 11.0 Å². The highest BCUT2D eigenvalue weighted by molar-refractivity contribution is 5.88. The van der Waals surface area contributed by atoms with Crippen molar-refractivity contribution in [1.29, 1.82) is 0 Å². The second kappa shape index (κ2) is 14.8. The van der Waals surface area contributed by atoms with Gasteiger partial charge in [0.15, 0.2) is 11.7 Å². The molecule has 0 aliphatic carbocycles. The highest BCUT2D eigenvalue weighted by atomic mass is 16.7. The van der Waals surface area contributed by atoms with Crippen LogP contribution in [0.4, 0.5) is 0 Å². The van der Waals surface area contributed by atoms with E-state index in [9.17, 15) is 66.1 Å². The Kier molecular flexibility index (Phi) is 10.8. The summed E-state index contributed by atoms with van der Waals surface area (Å²) in [6.45, 7) is -2.26. The van der Waals surface area contributed by atoms with Crippen LogP contribution in [0.5, 0.6) is 17.2 Å². The van der Waals surface area contributed by atoms with Gasteiger partial charge < -0.3 is 89.4 Å². The number of fused-ring (bicyclic) bond motifs is 1. The lowest BCUT2D eigenvalue weighted by atomic mass is 9.89. The predicted molar refractivity (Wildman–Crippen MR) is 165 cm³/mol. The van der Waals surface area contributed by atoms with Gasteiger partial charge in [0, 0.05) is 17.7 Å². The summed E-state index contributed by atoms with van der Waals surface area (Å²) in [6, 6.07) is 7.67. The molecular weight excluding hydrogens is 688 g/mol. The van der Waals surface area contributed by atoms with Crippen molar-refractivity contribution in [3.8, 4) is 28.6 Å². The summed E-state index contributed by atoms with van der Waals surface area (Å²) in [5, 5.41) is 125. The molecule has 5 unspecified atom stereocenters. The van der Waals surface area contributed by atoms with E-state index in [0.717, 1.165) is 12.1 Å². The standard InChI is InChI=1S/C32H38O19/c33-7-17-23(40)26(43)30(51-32-28(45)25(42)22(39)18(8-34)50-32)29(48-17)20-16(49-31-27(44)21(38)13(37)9-46-31)6-15-19(24(20)41)12(36)5-14(47-15)10-1-3-11(35)4-2-10/h1-6,13,17-18,21-23,25-35,37-45H,7-9H2/t13-,17?,18?,21-,22+,23+,25-,26-,27?,28?,29-,30?,31-,32-/m0/s1. The molecule has 0 saturated carbocycles. The Hall–Kier alpha value is -3.51. The molecule has 19 heteroatoms. The third-order valence-electron chi connectivity index (χ3n) is 9.14. The van der Waals surface area contributed by atoms with Gasteiger partial charge in [0.05, 0.1) is 25.4 Å². The molecule has 0 radical (unpaired) electrons. The summed E-state index contributed by atoms with van der Waals surface area (Å²) in [6.07, 6.45) is -25.3. The van der Waals surface area contributed by atoms with E-state index in [1.807, 2.05) is 0 Å². The molecule has 280 valence electrons. The molecule has 3 aliphatic rings. The number of phenolic OH excluding ortho intramolecular Hbond substituents is 2. The summed E-state index contributed by atoms with van der Waals surface area (Å²) in [7, 11) is 0. The average molecular weight is 727 g/mol. The smallest absolute Gasteiger partial charge is 0.228 e. The van der Waals surface area contributed by atoms with E-state index in [4.69, 9.17) is 28.1 Å². The van der Waals surface area contributed by atoms with Crippen LogP contribution in [0.2, 0.25) is 0 Å². The fourth-order valence-electron chi connectivity index (χ4n) is 6.25. The van der Waals surface area contributed by atoms with Gasteiger partial charge in [-0.1, -0.05) is 0 Å². The Morgan fingerprint density at radius 2 is 1.35 bits per heavy atom. The maximum atomic E-state index is 13.6. The van der Waals surface area contributed by atoms with Crippen LogP contribution in [0.25, 0.3) is 22.3 Å². The van der Waals surface area contributed by atoms with E-state index in [2.05, 4.69) is 0 Å². The number of hydrogen-bond acceptors (Lipinski definition) is 19. The van der Waals surface area contributed by atoms with Gasteiger partial charge in [-0.05, 0) is 24.3 Å². The van der Waals surface area contributed by atoms with E-state index < -0.39 is 134 Å². The van der Waals surface area contributed by atoms with Crippen LogP contribution in [0.3, 0.4) is 0 Å². The highest BCUT2D eigenvalue weighted by Crippen LogP contribution is 2.47. The Balaban J connectivity index is 1.51. The molecule has 14 atom stereocenters. The van der Waals surface area contributed by atoms with E-state index in [1.165, 1.54) is 24.3 Å². The first-order valence-corrected chi connectivity index (χ1v) is 15.8. The number of ether oxygens (including phenoxy) is 5. The van der Waals surface area contributed by atoms with Crippen LogP contribution in [0.1, 0.15) is 11.7 Å². The molecule has 19 nitrogen and oxygen atoms in total. The topological polar surface area (TPSA) is 319 Å². The molecule has 1 aromatic heterocycles. The molecular formula is C32H38O19. The van der Waals surface area contributed by atoms with Crippen molar-refractivity contribution in [2.45, 2.75) is 85.8 Å². The Morgan fingerprint density at radius 1 is 0.725 bits per heavy atom. The number of phenols is 2. The average Bonchev–Trinajstić information content (AvgIpc) is 3.11. The molecule has 0 spiro atoms. The fraction of sp³-hybridized carbons (Fsp3) is 0.531. The second-order valence-electron chi connectivity index (χ2n) is 12.5. The summed E-state index contributed by atoms with van der Waals surface area (Å²) >= 11 is 0. The summed E-state index contributed by atoms with van der Waals surface area (Å²) in [5.41, 5.74) is -1.32. The normalized spacial score (nSPS) is 37.4. The zero-order valence-electron chi connectivity index (χ0n) is 26.4. The minimum absolute atomic E-state index is 0.0188. The van der Waals surface area contributed by atoms with Crippen LogP contribution in [-0.4, -0.2) is 161 Å². The van der Waals surface area contributed by atoms with Gasteiger partial charge in [-0.25, -0.2) is 0 Å². The van der Waals surface area contributed by atoms with Gasteiger partial charge in [-0.15, -0.1) is 0 Å². The maximum Gasteiger partial charge on any atom is 0.228 e. The van der Waals surface area contributed by atoms with E-state index >= 15 is 0 Å². The van der Waals surface area contributed by atoms with Crippen LogP contribution in [0, 0.1) is 0 Å². The number of aliphatic hydroxyl groups is 10. The first-order chi connectivity index (χ1) is 24.2. The van der Waals surface area contributed by atoms with Crippen LogP contribution in [-0.2, 0) is 18.9 Å². The fourth-order valence-corrected chi connectivity index (χ4v) is 6.25. The Morgan fingerprint density at radius 3 is 2.02 bits per heavy atom. The molecule has 3 fully saturated rings. The van der Waals surface area contributed by atoms with Crippen molar-refractivity contribution in [2.24, 2.45) is 0 Å². The monoisotopic (exact) mass is 726 g/mol. The molecule has 2 aromatic carbocycles. The first-order valence-electron chi connectivity index (χ1n) is 15.8. The number of aromatic hydroxyl groups is 2. The second-order valence-corrected chi connectivity index (χ2v) is 12.5. The lowest BCUT2D eigenvalue weighted by Gasteiger charge is -2.46. The number of benzene rings is 2. The third-order valence-corrected chi connectivity index (χ3v) is 9.14. The predicted octanol–water partition coefficient (Wildman–Crippen LogP) is -3.97. The van der Waals surface area contributed by atoms with Crippen LogP contribution >= 0.6 is 0 Å². The minimum Gasteiger partial charge on any atom is -0.508 e. The highest BCUT2D eigenvalue weighted by Gasteiger charge is 2.52. The minimum atomic E-state index is -2.03. The van der Waals surface area contributed by atoms with Crippen LogP contribution in [0.15, 0.2) is 45.6 Å². The van der Waals surface area contributed by atoms with Gasteiger partial charge in [0.1, 0.15) is 107 Å². The number of rotatable bonds is 8. The van der Waals surface area contributed by atoms with Gasteiger partial charge >= 0.3 is 0 Å². The van der Waals surface area contributed by atoms with E-state index in [-0.39, 0.29) is 17.1 Å². The largest absolute Gasteiger partial charge is 0.508 e. The van der Waals surface area contributed by atoms with Gasteiger partial charge in [-0.3, -0.25) is 4.79 Å². The van der Waals surface area contributed by atoms with Crippen LogP contribution < -0.4 is 10.2 Å². The number of hydrogen-bond donors (Lipinski definition) is 12. The van der Waals surface area contributed by atoms with Gasteiger partial charge in [-0.2, -0.15) is 0 Å². The first kappa shape index (κ1) is 37.3. The number of aliphatic hydroxyl groups excluding tert-OH is 10. The SMILES string of the molecule is O=c1cc(-c2ccc(O)cc2)oc2cc(O[C@@H]3OC[C@H](O)[C@H](O)C3O)c([C@@H]3OC(CO)[C@@H](O)[C@H](O)C3O[C@@H]3OC(CO)[C@@H](O)[C@H](O)C3O)c(O)c12. The summed E-state index contributed by atoms with van der Waals surface area (Å²) in [5.74, 6) is -1.49. The van der Waals surface area contributed by atoms with E-state index in [1.54, 1.807) is 0 Å². The lowest BCUT2D eigenvalue weighted by molar-refractivity contribution is -0.342. The zero-order chi connectivity index (χ0) is 36.9. The molecule has 6 rings (SSSR count). The molecule has 3 aliphatic heterocycles. The zero-order valence-corrected chi connectivity index (χ0v) is 26.4. The molecule has 3 saturated heterocycles. The van der Waals surface area contributed by atoms with Crippen molar-refractivity contribution in [3.05, 3.63) is 52.2 Å². The van der Waals surface area contributed by atoms with Gasteiger partial charge in [0.2, 0.25) is 6.29 Å². The van der Waals surface area contributed by atoms with Gasteiger partial charge in [0.25, 0.3) is 0 Å². The van der Waals surface area contributed by atoms with Crippen molar-refractivity contribution in [1.82, 2.24) is 0 Å².